The molecule has 0 saturated heterocycles. The van der Waals surface area contributed by atoms with Crippen LogP contribution < -0.4 is 14.8 Å². The fraction of sp³-hybridized carbons (Fsp3) is 0.296. The number of sulfonamides is 1. The Balaban J connectivity index is 1.94. The first kappa shape index (κ1) is 29.2. The number of benzene rings is 3. The van der Waals surface area contributed by atoms with Gasteiger partial charge in [0.15, 0.2) is 0 Å². The van der Waals surface area contributed by atoms with E-state index in [1.54, 1.807) is 20.8 Å². The number of hydrogen-bond donors (Lipinski definition) is 3. The highest BCUT2D eigenvalue weighted by molar-refractivity contribution is 7.89. The molecule has 0 aliphatic carbocycles. The standard InChI is InChI=1S/C27H29F3N2O5S/c1-26(2,3)32-38(35,36)24-12-9-18(16-23(24)37-4)25(34)31-19-10-11-20(17(15-19)13-14-33)21-7-5-6-8-22(21)27(28,29)30/h5-12,15-16,32-33H,13-14H2,1-4H3,(H,31,34). The number of rotatable bonds is 8. The van der Waals surface area contributed by atoms with Crippen LogP contribution in [0.3, 0.4) is 0 Å². The van der Waals surface area contributed by atoms with Crippen molar-refractivity contribution in [2.75, 3.05) is 19.0 Å². The minimum absolute atomic E-state index is 0.0329. The zero-order chi connectivity index (χ0) is 28.3. The van der Waals surface area contributed by atoms with Crippen molar-refractivity contribution in [3.63, 3.8) is 0 Å². The molecule has 0 aliphatic rings. The quantitative estimate of drug-likeness (QED) is 0.356. The number of alkyl halides is 3. The summed E-state index contributed by atoms with van der Waals surface area (Å²) in [6, 6.07) is 13.4. The Morgan fingerprint density at radius 2 is 1.66 bits per heavy atom. The fourth-order valence-electron chi connectivity index (χ4n) is 3.92. The highest BCUT2D eigenvalue weighted by atomic mass is 32.2. The van der Waals surface area contributed by atoms with Crippen LogP contribution in [0.5, 0.6) is 5.75 Å². The van der Waals surface area contributed by atoms with Gasteiger partial charge in [-0.05, 0) is 80.3 Å². The number of aliphatic hydroxyl groups is 1. The van der Waals surface area contributed by atoms with E-state index in [0.717, 1.165) is 6.07 Å². The molecule has 0 heterocycles. The summed E-state index contributed by atoms with van der Waals surface area (Å²) in [5.74, 6) is -0.621. The van der Waals surface area contributed by atoms with Crippen LogP contribution in [-0.4, -0.2) is 38.7 Å². The predicted octanol–water partition coefficient (Wildman–Crippen LogP) is 5.24. The van der Waals surface area contributed by atoms with E-state index >= 15 is 0 Å². The first-order chi connectivity index (χ1) is 17.7. The van der Waals surface area contributed by atoms with Gasteiger partial charge in [-0.1, -0.05) is 24.3 Å². The molecule has 0 bridgehead atoms. The van der Waals surface area contributed by atoms with Crippen LogP contribution in [0.15, 0.2) is 65.6 Å². The summed E-state index contributed by atoms with van der Waals surface area (Å²) in [4.78, 5) is 12.8. The van der Waals surface area contributed by atoms with Crippen LogP contribution in [0.4, 0.5) is 18.9 Å². The highest BCUT2D eigenvalue weighted by Crippen LogP contribution is 2.39. The van der Waals surface area contributed by atoms with Gasteiger partial charge in [-0.2, -0.15) is 13.2 Å². The fourth-order valence-corrected chi connectivity index (χ4v) is 5.49. The topological polar surface area (TPSA) is 105 Å². The molecule has 0 aromatic heterocycles. The predicted molar refractivity (Wildman–Crippen MR) is 139 cm³/mol. The van der Waals surface area contributed by atoms with Crippen LogP contribution in [0.25, 0.3) is 11.1 Å². The van der Waals surface area contributed by atoms with Gasteiger partial charge in [-0.3, -0.25) is 4.79 Å². The summed E-state index contributed by atoms with van der Waals surface area (Å²) < 4.78 is 74.0. The van der Waals surface area contributed by atoms with Crippen molar-refractivity contribution in [3.05, 3.63) is 77.4 Å². The van der Waals surface area contributed by atoms with Crippen molar-refractivity contribution >= 4 is 21.6 Å². The Morgan fingerprint density at radius 1 is 0.974 bits per heavy atom. The van der Waals surface area contributed by atoms with Crippen LogP contribution in [0.1, 0.15) is 42.3 Å². The van der Waals surface area contributed by atoms with Gasteiger partial charge < -0.3 is 15.2 Å². The smallest absolute Gasteiger partial charge is 0.417 e. The molecule has 0 radical (unpaired) electrons. The second-order valence-corrected chi connectivity index (χ2v) is 11.2. The lowest BCUT2D eigenvalue weighted by Crippen LogP contribution is -2.40. The van der Waals surface area contributed by atoms with Gasteiger partial charge in [0.05, 0.1) is 12.7 Å². The second-order valence-electron chi connectivity index (χ2n) is 9.56. The maximum Gasteiger partial charge on any atom is 0.417 e. The third-order valence-electron chi connectivity index (χ3n) is 5.42. The number of hydrogen-bond acceptors (Lipinski definition) is 5. The van der Waals surface area contributed by atoms with Crippen LogP contribution >= 0.6 is 0 Å². The summed E-state index contributed by atoms with van der Waals surface area (Å²) in [5.41, 5.74) is -0.491. The Hall–Kier alpha value is -3.41. The molecule has 204 valence electrons. The summed E-state index contributed by atoms with van der Waals surface area (Å²) in [7, 11) is -2.65. The monoisotopic (exact) mass is 550 g/mol. The van der Waals surface area contributed by atoms with Crippen molar-refractivity contribution in [1.29, 1.82) is 0 Å². The van der Waals surface area contributed by atoms with E-state index < -0.39 is 33.2 Å². The van der Waals surface area contributed by atoms with Gasteiger partial charge >= 0.3 is 6.18 Å². The number of carbonyl (C=O) groups excluding carboxylic acids is 1. The maximum atomic E-state index is 13.6. The zero-order valence-electron chi connectivity index (χ0n) is 21.3. The van der Waals surface area contributed by atoms with Gasteiger partial charge in [0.2, 0.25) is 10.0 Å². The van der Waals surface area contributed by atoms with E-state index in [4.69, 9.17) is 4.74 Å². The van der Waals surface area contributed by atoms with Crippen molar-refractivity contribution in [1.82, 2.24) is 4.72 Å². The Kier molecular flexibility index (Phi) is 8.55. The average Bonchev–Trinajstić information content (AvgIpc) is 2.82. The van der Waals surface area contributed by atoms with E-state index in [0.29, 0.717) is 5.56 Å². The molecule has 11 heteroatoms. The lowest BCUT2D eigenvalue weighted by atomic mass is 9.93. The minimum Gasteiger partial charge on any atom is -0.495 e. The molecule has 0 saturated carbocycles. The maximum absolute atomic E-state index is 13.6. The molecule has 0 fully saturated rings. The SMILES string of the molecule is COc1cc(C(=O)Nc2ccc(-c3ccccc3C(F)(F)F)c(CCO)c2)ccc1S(=O)(=O)NC(C)(C)C. The van der Waals surface area contributed by atoms with Crippen molar-refractivity contribution in [2.24, 2.45) is 0 Å². The highest BCUT2D eigenvalue weighted by Gasteiger charge is 2.33. The van der Waals surface area contributed by atoms with Crippen molar-refractivity contribution in [2.45, 2.75) is 43.8 Å². The Labute approximate surface area is 219 Å². The number of aliphatic hydroxyl groups excluding tert-OH is 1. The number of nitrogens with one attached hydrogen (secondary N) is 2. The summed E-state index contributed by atoms with van der Waals surface area (Å²) in [6.07, 6.45) is -4.51. The lowest BCUT2D eigenvalue weighted by Gasteiger charge is -2.21. The summed E-state index contributed by atoms with van der Waals surface area (Å²) in [5, 5.41) is 12.2. The van der Waals surface area contributed by atoms with Gasteiger partial charge in [-0.15, -0.1) is 0 Å². The molecule has 0 aliphatic heterocycles. The molecular formula is C27H29F3N2O5S. The van der Waals surface area contributed by atoms with Crippen LogP contribution in [0, 0.1) is 0 Å². The molecular weight excluding hydrogens is 521 g/mol. The molecule has 0 spiro atoms. The number of anilines is 1. The molecule has 38 heavy (non-hydrogen) atoms. The number of methoxy groups -OCH3 is 1. The molecule has 3 N–H and O–H groups in total. The van der Waals surface area contributed by atoms with E-state index in [2.05, 4.69) is 10.0 Å². The molecule has 0 unspecified atom stereocenters. The number of halogens is 3. The molecule has 1 amide bonds. The average molecular weight is 551 g/mol. The van der Waals surface area contributed by atoms with Crippen molar-refractivity contribution < 1.29 is 36.2 Å². The van der Waals surface area contributed by atoms with Gasteiger partial charge in [0.1, 0.15) is 10.6 Å². The Bertz CT molecular complexity index is 1430. The van der Waals surface area contributed by atoms with E-state index in [-0.39, 0.29) is 46.1 Å². The number of amides is 1. The summed E-state index contributed by atoms with van der Waals surface area (Å²) in [6.45, 7) is 4.76. The molecule has 0 atom stereocenters. The first-order valence-corrected chi connectivity index (χ1v) is 13.1. The van der Waals surface area contributed by atoms with E-state index in [9.17, 15) is 31.5 Å². The largest absolute Gasteiger partial charge is 0.495 e. The number of ether oxygens (including phenoxy) is 1. The minimum atomic E-state index is -4.57. The van der Waals surface area contributed by atoms with Gasteiger partial charge in [0.25, 0.3) is 5.91 Å². The summed E-state index contributed by atoms with van der Waals surface area (Å²) >= 11 is 0. The lowest BCUT2D eigenvalue weighted by molar-refractivity contribution is -0.137. The van der Waals surface area contributed by atoms with E-state index in [1.165, 1.54) is 61.7 Å². The molecule has 7 nitrogen and oxygen atoms in total. The molecule has 3 aromatic rings. The van der Waals surface area contributed by atoms with E-state index in [1.807, 2.05) is 0 Å². The Morgan fingerprint density at radius 3 is 2.26 bits per heavy atom. The zero-order valence-corrected chi connectivity index (χ0v) is 22.1. The molecule has 3 aromatic carbocycles. The normalized spacial score (nSPS) is 12.3. The number of carbonyl (C=O) groups is 1. The first-order valence-electron chi connectivity index (χ1n) is 11.6. The third kappa shape index (κ3) is 6.91. The van der Waals surface area contributed by atoms with Crippen molar-refractivity contribution in [3.8, 4) is 16.9 Å². The second kappa shape index (κ2) is 11.1. The van der Waals surface area contributed by atoms with Crippen LogP contribution in [-0.2, 0) is 22.6 Å². The third-order valence-corrected chi connectivity index (χ3v) is 7.22. The van der Waals surface area contributed by atoms with Crippen LogP contribution in [0.2, 0.25) is 0 Å². The van der Waals surface area contributed by atoms with Gasteiger partial charge in [-0.25, -0.2) is 13.1 Å². The molecule has 3 rings (SSSR count). The van der Waals surface area contributed by atoms with Gasteiger partial charge in [0, 0.05) is 23.4 Å².